The maximum atomic E-state index is 6.23. The Bertz CT molecular complexity index is 591. The molecule has 0 spiro atoms. The van der Waals surface area contributed by atoms with Crippen LogP contribution in [0.4, 0.5) is 5.13 Å². The molecule has 0 saturated carbocycles. The van der Waals surface area contributed by atoms with Crippen molar-refractivity contribution in [3.05, 3.63) is 44.9 Å². The van der Waals surface area contributed by atoms with Gasteiger partial charge in [0.1, 0.15) is 0 Å². The zero-order valence-corrected chi connectivity index (χ0v) is 11.8. The SMILES string of the molecule is Cc1ccc(C2CCCc3nc(N)sc32)cc1Cl. The molecule has 18 heavy (non-hydrogen) atoms. The minimum Gasteiger partial charge on any atom is -0.375 e. The summed E-state index contributed by atoms with van der Waals surface area (Å²) in [6.45, 7) is 2.03. The number of aryl methyl sites for hydroxylation is 2. The average Bonchev–Trinajstić information content (AvgIpc) is 2.72. The van der Waals surface area contributed by atoms with Gasteiger partial charge in [-0.15, -0.1) is 11.3 Å². The molecule has 2 N–H and O–H groups in total. The van der Waals surface area contributed by atoms with E-state index in [-0.39, 0.29) is 0 Å². The van der Waals surface area contributed by atoms with E-state index in [1.165, 1.54) is 22.6 Å². The Morgan fingerprint density at radius 3 is 3.06 bits per heavy atom. The molecule has 0 aliphatic heterocycles. The predicted octanol–water partition coefficient (Wildman–Crippen LogP) is 4.16. The van der Waals surface area contributed by atoms with Crippen molar-refractivity contribution in [2.75, 3.05) is 5.73 Å². The lowest BCUT2D eigenvalue weighted by molar-refractivity contribution is 0.617. The van der Waals surface area contributed by atoms with E-state index in [9.17, 15) is 0 Å². The molecule has 0 saturated heterocycles. The standard InChI is InChI=1S/C14H15ClN2S/c1-8-5-6-9(7-11(8)15)10-3-2-4-12-13(10)18-14(16)17-12/h5-7,10H,2-4H2,1H3,(H2,16,17). The van der Waals surface area contributed by atoms with Gasteiger partial charge in [0.25, 0.3) is 0 Å². The third kappa shape index (κ3) is 2.02. The van der Waals surface area contributed by atoms with Gasteiger partial charge in [-0.1, -0.05) is 23.7 Å². The van der Waals surface area contributed by atoms with Gasteiger partial charge in [-0.05, 0) is 43.4 Å². The van der Waals surface area contributed by atoms with Crippen LogP contribution in [0, 0.1) is 6.92 Å². The van der Waals surface area contributed by atoms with Crippen LogP contribution < -0.4 is 5.73 Å². The summed E-state index contributed by atoms with van der Waals surface area (Å²) in [5.41, 5.74) is 9.43. The monoisotopic (exact) mass is 278 g/mol. The quantitative estimate of drug-likeness (QED) is 0.851. The molecule has 2 nitrogen and oxygen atoms in total. The van der Waals surface area contributed by atoms with Crippen molar-refractivity contribution in [3.63, 3.8) is 0 Å². The second-order valence-electron chi connectivity index (χ2n) is 4.82. The first-order valence-corrected chi connectivity index (χ1v) is 7.35. The van der Waals surface area contributed by atoms with Gasteiger partial charge in [-0.3, -0.25) is 0 Å². The van der Waals surface area contributed by atoms with Gasteiger partial charge >= 0.3 is 0 Å². The van der Waals surface area contributed by atoms with Crippen molar-refractivity contribution in [1.82, 2.24) is 4.98 Å². The van der Waals surface area contributed by atoms with Crippen molar-refractivity contribution >= 4 is 28.1 Å². The number of anilines is 1. The normalized spacial score (nSPS) is 18.7. The van der Waals surface area contributed by atoms with E-state index < -0.39 is 0 Å². The van der Waals surface area contributed by atoms with Crippen LogP contribution in [0.1, 0.15) is 40.5 Å². The van der Waals surface area contributed by atoms with Crippen LogP contribution in [0.2, 0.25) is 5.02 Å². The molecule has 0 bridgehead atoms. The molecule has 0 amide bonds. The third-order valence-electron chi connectivity index (χ3n) is 3.57. The number of aromatic nitrogens is 1. The van der Waals surface area contributed by atoms with E-state index in [0.29, 0.717) is 11.0 Å². The first-order valence-electron chi connectivity index (χ1n) is 6.16. The van der Waals surface area contributed by atoms with Crippen molar-refractivity contribution in [2.45, 2.75) is 32.1 Å². The van der Waals surface area contributed by atoms with Gasteiger partial charge in [-0.2, -0.15) is 0 Å². The Labute approximate surface area is 116 Å². The first kappa shape index (κ1) is 12.0. The van der Waals surface area contributed by atoms with Gasteiger partial charge < -0.3 is 5.73 Å². The summed E-state index contributed by atoms with van der Waals surface area (Å²) in [6, 6.07) is 6.36. The molecule has 1 heterocycles. The van der Waals surface area contributed by atoms with E-state index in [1.54, 1.807) is 11.3 Å². The molecule has 1 aliphatic carbocycles. The highest BCUT2D eigenvalue weighted by molar-refractivity contribution is 7.15. The minimum absolute atomic E-state index is 0.418. The lowest BCUT2D eigenvalue weighted by Gasteiger charge is -2.22. The summed E-state index contributed by atoms with van der Waals surface area (Å²) >= 11 is 7.86. The number of nitrogens with zero attached hydrogens (tertiary/aromatic N) is 1. The van der Waals surface area contributed by atoms with Crippen molar-refractivity contribution < 1.29 is 0 Å². The fraction of sp³-hybridized carbons (Fsp3) is 0.357. The van der Waals surface area contributed by atoms with E-state index >= 15 is 0 Å². The van der Waals surface area contributed by atoms with Gasteiger partial charge in [0.05, 0.1) is 5.69 Å². The number of rotatable bonds is 1. The van der Waals surface area contributed by atoms with E-state index in [4.69, 9.17) is 17.3 Å². The number of hydrogen-bond donors (Lipinski definition) is 1. The summed E-state index contributed by atoms with van der Waals surface area (Å²) in [7, 11) is 0. The Balaban J connectivity index is 2.05. The average molecular weight is 279 g/mol. The van der Waals surface area contributed by atoms with Gasteiger partial charge in [0.2, 0.25) is 0 Å². The van der Waals surface area contributed by atoms with Crippen LogP contribution in [0.15, 0.2) is 18.2 Å². The van der Waals surface area contributed by atoms with Gasteiger partial charge in [0, 0.05) is 15.8 Å². The molecule has 1 aromatic heterocycles. The predicted molar refractivity (Wildman–Crippen MR) is 77.5 cm³/mol. The fourth-order valence-corrected chi connectivity index (χ4v) is 3.81. The number of hydrogen-bond acceptors (Lipinski definition) is 3. The number of benzene rings is 1. The molecular formula is C14H15ClN2S. The number of thiazole rings is 1. The molecule has 1 aliphatic rings. The molecule has 2 aromatic rings. The van der Waals surface area contributed by atoms with Crippen LogP contribution >= 0.6 is 22.9 Å². The number of nitrogen functional groups attached to an aromatic ring is 1. The molecular weight excluding hydrogens is 264 g/mol. The Hall–Kier alpha value is -1.06. The Morgan fingerprint density at radius 2 is 2.28 bits per heavy atom. The summed E-state index contributed by atoms with van der Waals surface area (Å²) < 4.78 is 0. The van der Waals surface area contributed by atoms with Crippen LogP contribution in [0.3, 0.4) is 0 Å². The van der Waals surface area contributed by atoms with Crippen LogP contribution in [0.5, 0.6) is 0 Å². The van der Waals surface area contributed by atoms with Crippen LogP contribution in [-0.2, 0) is 6.42 Å². The minimum atomic E-state index is 0.418. The molecule has 1 aromatic carbocycles. The highest BCUT2D eigenvalue weighted by Crippen LogP contribution is 2.41. The highest BCUT2D eigenvalue weighted by atomic mass is 35.5. The van der Waals surface area contributed by atoms with Crippen molar-refractivity contribution in [1.29, 1.82) is 0 Å². The van der Waals surface area contributed by atoms with E-state index in [1.807, 2.05) is 6.92 Å². The van der Waals surface area contributed by atoms with Crippen molar-refractivity contribution in [2.24, 2.45) is 0 Å². The lowest BCUT2D eigenvalue weighted by Crippen LogP contribution is -2.09. The molecule has 94 valence electrons. The van der Waals surface area contributed by atoms with Crippen LogP contribution in [0.25, 0.3) is 0 Å². The Kier molecular flexibility index (Phi) is 3.04. The number of halogens is 1. The molecule has 1 atom stereocenters. The largest absolute Gasteiger partial charge is 0.375 e. The maximum Gasteiger partial charge on any atom is 0.180 e. The Morgan fingerprint density at radius 1 is 1.44 bits per heavy atom. The van der Waals surface area contributed by atoms with E-state index in [2.05, 4.69) is 23.2 Å². The van der Waals surface area contributed by atoms with Gasteiger partial charge in [0.15, 0.2) is 5.13 Å². The van der Waals surface area contributed by atoms with Crippen molar-refractivity contribution in [3.8, 4) is 0 Å². The third-order valence-corrected chi connectivity index (χ3v) is 5.01. The summed E-state index contributed by atoms with van der Waals surface area (Å²) in [5, 5.41) is 1.53. The molecule has 1 unspecified atom stereocenters. The summed E-state index contributed by atoms with van der Waals surface area (Å²) in [5.74, 6) is 0.418. The zero-order valence-electron chi connectivity index (χ0n) is 10.2. The number of fused-ring (bicyclic) bond motifs is 1. The lowest BCUT2D eigenvalue weighted by atomic mass is 9.86. The molecule has 3 rings (SSSR count). The molecule has 0 radical (unpaired) electrons. The smallest absolute Gasteiger partial charge is 0.180 e. The number of nitrogens with two attached hydrogens (primary N) is 1. The summed E-state index contributed by atoms with van der Waals surface area (Å²) in [4.78, 5) is 5.76. The fourth-order valence-electron chi connectivity index (χ4n) is 2.58. The first-order chi connectivity index (χ1) is 8.65. The summed E-state index contributed by atoms with van der Waals surface area (Å²) in [6.07, 6.45) is 3.39. The second-order valence-corrected chi connectivity index (χ2v) is 6.29. The van der Waals surface area contributed by atoms with Crippen LogP contribution in [-0.4, -0.2) is 4.98 Å². The zero-order chi connectivity index (χ0) is 12.7. The molecule has 0 fully saturated rings. The maximum absolute atomic E-state index is 6.23. The second kappa shape index (κ2) is 4.56. The topological polar surface area (TPSA) is 38.9 Å². The van der Waals surface area contributed by atoms with Gasteiger partial charge in [-0.25, -0.2) is 4.98 Å². The van der Waals surface area contributed by atoms with E-state index in [0.717, 1.165) is 23.4 Å². The molecule has 4 heteroatoms. The highest BCUT2D eigenvalue weighted by Gasteiger charge is 2.25.